The smallest absolute Gasteiger partial charge is 0.228 e. The van der Waals surface area contributed by atoms with E-state index in [9.17, 15) is 8.42 Å². The van der Waals surface area contributed by atoms with Crippen molar-refractivity contribution in [2.24, 2.45) is 5.73 Å². The lowest BCUT2D eigenvalue weighted by molar-refractivity contribution is 0.361. The maximum atomic E-state index is 11.1. The van der Waals surface area contributed by atoms with E-state index >= 15 is 0 Å². The van der Waals surface area contributed by atoms with E-state index in [-0.39, 0.29) is 6.54 Å². The van der Waals surface area contributed by atoms with Gasteiger partial charge in [0.25, 0.3) is 0 Å². The lowest BCUT2D eigenvalue weighted by Crippen LogP contribution is -2.43. The molecule has 0 aromatic heterocycles. The fourth-order valence-electron chi connectivity index (χ4n) is 0.471. The number of sulfonamides is 1. The standard InChI is InChI=1S/C5H15N3O2S/c1-5(4-6)11(9,10)7-8(2)3/h5,7H,4,6H2,1-3H3. The second kappa shape index (κ2) is 4.01. The summed E-state index contributed by atoms with van der Waals surface area (Å²) in [6.45, 7) is 1.69. The van der Waals surface area contributed by atoms with Gasteiger partial charge in [-0.15, -0.1) is 4.83 Å². The minimum atomic E-state index is -3.26. The van der Waals surface area contributed by atoms with Crippen molar-refractivity contribution in [3.63, 3.8) is 0 Å². The van der Waals surface area contributed by atoms with E-state index in [4.69, 9.17) is 5.73 Å². The molecule has 3 N–H and O–H groups in total. The molecular formula is C5H15N3O2S. The van der Waals surface area contributed by atoms with Crippen LogP contribution in [0.1, 0.15) is 6.92 Å². The highest BCUT2D eigenvalue weighted by atomic mass is 32.2. The molecule has 0 aliphatic heterocycles. The van der Waals surface area contributed by atoms with Crippen LogP contribution in [0.15, 0.2) is 0 Å². The molecule has 0 spiro atoms. The second-order valence-electron chi connectivity index (χ2n) is 2.58. The Bertz CT molecular complexity index is 200. The summed E-state index contributed by atoms with van der Waals surface area (Å²) in [5.41, 5.74) is 5.20. The van der Waals surface area contributed by atoms with Gasteiger partial charge in [-0.1, -0.05) is 0 Å². The molecule has 0 bridgehead atoms. The van der Waals surface area contributed by atoms with Gasteiger partial charge in [-0.3, -0.25) is 0 Å². The van der Waals surface area contributed by atoms with Crippen LogP contribution in [0.4, 0.5) is 0 Å². The summed E-state index contributed by atoms with van der Waals surface area (Å²) in [6, 6.07) is 0. The zero-order valence-corrected chi connectivity index (χ0v) is 7.85. The van der Waals surface area contributed by atoms with Gasteiger partial charge in [0.15, 0.2) is 0 Å². The first kappa shape index (κ1) is 10.8. The van der Waals surface area contributed by atoms with Gasteiger partial charge in [0, 0.05) is 20.6 Å². The van der Waals surface area contributed by atoms with E-state index in [1.807, 2.05) is 0 Å². The van der Waals surface area contributed by atoms with Gasteiger partial charge in [0.1, 0.15) is 0 Å². The predicted molar refractivity (Wildman–Crippen MR) is 44.3 cm³/mol. The summed E-state index contributed by atoms with van der Waals surface area (Å²) in [7, 11) is -0.0349. The van der Waals surface area contributed by atoms with E-state index in [1.165, 1.54) is 5.01 Å². The van der Waals surface area contributed by atoms with E-state index in [0.29, 0.717) is 0 Å². The molecule has 0 aliphatic rings. The third-order valence-electron chi connectivity index (χ3n) is 1.17. The van der Waals surface area contributed by atoms with Crippen LogP contribution < -0.4 is 10.6 Å². The summed E-state index contributed by atoms with van der Waals surface area (Å²) < 4.78 is 22.3. The molecule has 0 heterocycles. The van der Waals surface area contributed by atoms with Gasteiger partial charge in [-0.25, -0.2) is 13.4 Å². The molecule has 0 amide bonds. The number of nitrogens with two attached hydrogens (primary N) is 1. The van der Waals surface area contributed by atoms with Crippen LogP contribution in [-0.2, 0) is 10.0 Å². The van der Waals surface area contributed by atoms with Gasteiger partial charge in [-0.05, 0) is 6.92 Å². The Kier molecular flexibility index (Phi) is 3.95. The van der Waals surface area contributed by atoms with Crippen LogP contribution in [0.3, 0.4) is 0 Å². The molecule has 0 saturated carbocycles. The topological polar surface area (TPSA) is 75.4 Å². The minimum absolute atomic E-state index is 0.128. The summed E-state index contributed by atoms with van der Waals surface area (Å²) in [5, 5.41) is 0.825. The van der Waals surface area contributed by atoms with Crippen LogP contribution in [0.2, 0.25) is 0 Å². The summed E-state index contributed by atoms with van der Waals surface area (Å²) >= 11 is 0. The molecule has 5 nitrogen and oxygen atoms in total. The molecule has 0 aliphatic carbocycles. The molecule has 68 valence electrons. The van der Waals surface area contributed by atoms with Crippen molar-refractivity contribution in [2.75, 3.05) is 20.6 Å². The lowest BCUT2D eigenvalue weighted by atomic mass is 10.5. The summed E-state index contributed by atoms with van der Waals surface area (Å²) in [5.74, 6) is 0. The third kappa shape index (κ3) is 3.66. The van der Waals surface area contributed by atoms with Crippen LogP contribution in [0.5, 0.6) is 0 Å². The Morgan fingerprint density at radius 1 is 1.55 bits per heavy atom. The molecule has 0 saturated heterocycles. The molecule has 0 radical (unpaired) electrons. The third-order valence-corrected chi connectivity index (χ3v) is 3.04. The molecule has 6 heteroatoms. The van der Waals surface area contributed by atoms with Gasteiger partial charge < -0.3 is 5.73 Å². The van der Waals surface area contributed by atoms with Crippen molar-refractivity contribution >= 4 is 10.0 Å². The SMILES string of the molecule is CC(CN)S(=O)(=O)NN(C)C. The minimum Gasteiger partial charge on any atom is -0.329 e. The van der Waals surface area contributed by atoms with E-state index in [1.54, 1.807) is 21.0 Å². The first-order valence-corrected chi connectivity index (χ1v) is 4.83. The highest BCUT2D eigenvalue weighted by Crippen LogP contribution is 1.94. The zero-order chi connectivity index (χ0) is 9.07. The Morgan fingerprint density at radius 3 is 2.27 bits per heavy atom. The molecule has 0 aromatic carbocycles. The molecule has 1 atom stereocenters. The molecule has 1 unspecified atom stereocenters. The summed E-state index contributed by atoms with van der Waals surface area (Å²) in [4.78, 5) is 2.30. The maximum absolute atomic E-state index is 11.1. The fourth-order valence-corrected chi connectivity index (χ4v) is 1.41. The second-order valence-corrected chi connectivity index (χ2v) is 4.65. The van der Waals surface area contributed by atoms with E-state index < -0.39 is 15.3 Å². The first-order valence-electron chi connectivity index (χ1n) is 3.29. The van der Waals surface area contributed by atoms with Gasteiger partial charge in [0.2, 0.25) is 10.0 Å². The monoisotopic (exact) mass is 181 g/mol. The molecule has 0 aromatic rings. The summed E-state index contributed by atoms with van der Waals surface area (Å²) in [6.07, 6.45) is 0. The first-order chi connectivity index (χ1) is 4.90. The number of hydrogen-bond acceptors (Lipinski definition) is 4. The van der Waals surface area contributed by atoms with Crippen molar-refractivity contribution < 1.29 is 8.42 Å². The number of nitrogens with one attached hydrogen (secondary N) is 1. The largest absolute Gasteiger partial charge is 0.329 e. The van der Waals surface area contributed by atoms with Crippen molar-refractivity contribution in [1.82, 2.24) is 9.84 Å². The Balaban J connectivity index is 4.23. The number of hydrazine groups is 1. The molecular weight excluding hydrogens is 166 g/mol. The number of rotatable bonds is 4. The Hall–Kier alpha value is -0.170. The van der Waals surface area contributed by atoms with Crippen molar-refractivity contribution in [1.29, 1.82) is 0 Å². The zero-order valence-electron chi connectivity index (χ0n) is 7.03. The quantitative estimate of drug-likeness (QED) is 0.530. The lowest BCUT2D eigenvalue weighted by Gasteiger charge is -2.15. The molecule has 11 heavy (non-hydrogen) atoms. The van der Waals surface area contributed by atoms with Crippen LogP contribution in [0, 0.1) is 0 Å². The van der Waals surface area contributed by atoms with E-state index in [2.05, 4.69) is 4.83 Å². The van der Waals surface area contributed by atoms with Crippen LogP contribution in [-0.4, -0.2) is 39.3 Å². The fraction of sp³-hybridized carbons (Fsp3) is 1.00. The van der Waals surface area contributed by atoms with Crippen molar-refractivity contribution in [3.8, 4) is 0 Å². The number of hydrogen-bond donors (Lipinski definition) is 2. The van der Waals surface area contributed by atoms with Crippen molar-refractivity contribution in [2.45, 2.75) is 12.2 Å². The molecule has 0 rings (SSSR count). The highest BCUT2D eigenvalue weighted by Gasteiger charge is 2.18. The maximum Gasteiger partial charge on any atom is 0.228 e. The van der Waals surface area contributed by atoms with Gasteiger partial charge in [-0.2, -0.15) is 0 Å². The Morgan fingerprint density at radius 2 is 2.00 bits per heavy atom. The van der Waals surface area contributed by atoms with Gasteiger partial charge in [0.05, 0.1) is 5.25 Å². The van der Waals surface area contributed by atoms with Crippen LogP contribution in [0.25, 0.3) is 0 Å². The average Bonchev–Trinajstić information content (AvgIpc) is 1.83. The van der Waals surface area contributed by atoms with Crippen molar-refractivity contribution in [3.05, 3.63) is 0 Å². The number of nitrogens with zero attached hydrogens (tertiary/aromatic N) is 1. The molecule has 0 fully saturated rings. The highest BCUT2D eigenvalue weighted by molar-refractivity contribution is 7.90. The van der Waals surface area contributed by atoms with E-state index in [0.717, 1.165) is 0 Å². The normalized spacial score (nSPS) is 15.4. The Labute approximate surface area is 67.6 Å². The van der Waals surface area contributed by atoms with Gasteiger partial charge >= 0.3 is 0 Å². The van der Waals surface area contributed by atoms with Crippen LogP contribution >= 0.6 is 0 Å². The predicted octanol–water partition coefficient (Wildman–Crippen LogP) is -1.27. The average molecular weight is 181 g/mol.